The number of carbonyl (C=O) groups excluding carboxylic acids is 1. The lowest BCUT2D eigenvalue weighted by molar-refractivity contribution is 0.0525. The van der Waals surface area contributed by atoms with Crippen molar-refractivity contribution >= 4 is 30.2 Å². The van der Waals surface area contributed by atoms with Crippen LogP contribution in [-0.4, -0.2) is 12.6 Å². The lowest BCUT2D eigenvalue weighted by Gasteiger charge is -2.09. The summed E-state index contributed by atoms with van der Waals surface area (Å²) >= 11 is 9.93. The maximum absolute atomic E-state index is 11.6. The minimum atomic E-state index is -0.481. The van der Waals surface area contributed by atoms with E-state index in [-0.39, 0.29) is 12.5 Å². The normalized spacial score (nSPS) is 9.62. The van der Waals surface area contributed by atoms with Gasteiger partial charge >= 0.3 is 5.97 Å². The molecular weight excluding hydrogens is 246 g/mol. The van der Waals surface area contributed by atoms with Crippen LogP contribution in [0, 0.1) is 11.3 Å². The molecule has 0 bridgehead atoms. The number of rotatable bonds is 3. The van der Waals surface area contributed by atoms with Crippen LogP contribution in [0.2, 0.25) is 0 Å². The molecule has 0 aromatic heterocycles. The lowest BCUT2D eigenvalue weighted by atomic mass is 10.1. The summed E-state index contributed by atoms with van der Waals surface area (Å²) in [7, 11) is 0. The largest absolute Gasteiger partial charge is 0.462 e. The Morgan fingerprint density at radius 3 is 2.81 bits per heavy atom. The van der Waals surface area contributed by atoms with Crippen LogP contribution in [0.15, 0.2) is 17.0 Å². The predicted molar refractivity (Wildman–Crippen MR) is 63.9 cm³/mol. The first kappa shape index (κ1) is 12.9. The van der Waals surface area contributed by atoms with Crippen LogP contribution in [0.25, 0.3) is 0 Å². The van der Waals surface area contributed by atoms with Gasteiger partial charge in [0, 0.05) is 10.8 Å². The van der Waals surface area contributed by atoms with Crippen LogP contribution < -0.4 is 0 Å². The van der Waals surface area contributed by atoms with Gasteiger partial charge in [0.25, 0.3) is 0 Å². The van der Waals surface area contributed by atoms with Crippen molar-refractivity contribution in [3.05, 3.63) is 28.8 Å². The molecule has 5 heteroatoms. The number of nitrogens with zero attached hydrogens (tertiary/aromatic N) is 1. The molecule has 16 heavy (non-hydrogen) atoms. The average Bonchev–Trinajstić information content (AvgIpc) is 2.28. The van der Waals surface area contributed by atoms with E-state index in [0.717, 1.165) is 0 Å². The van der Waals surface area contributed by atoms with Gasteiger partial charge in [-0.2, -0.15) is 5.26 Å². The maximum atomic E-state index is 11.6. The van der Waals surface area contributed by atoms with Gasteiger partial charge in [-0.1, -0.05) is 0 Å². The highest BCUT2D eigenvalue weighted by Gasteiger charge is 2.15. The van der Waals surface area contributed by atoms with E-state index in [1.165, 1.54) is 6.07 Å². The van der Waals surface area contributed by atoms with Gasteiger partial charge in [-0.25, -0.2) is 4.79 Å². The van der Waals surface area contributed by atoms with Gasteiger partial charge in [-0.05, 0) is 24.6 Å². The molecule has 84 valence electrons. The number of halogens is 1. The Labute approximate surface area is 104 Å². The van der Waals surface area contributed by atoms with Crippen LogP contribution in [0.1, 0.15) is 28.4 Å². The molecule has 0 aliphatic heterocycles. The summed E-state index contributed by atoms with van der Waals surface area (Å²) in [6.07, 6.45) is 0. The van der Waals surface area contributed by atoms with Gasteiger partial charge in [0.2, 0.25) is 0 Å². The number of hydrogen-bond donors (Lipinski definition) is 1. The number of benzene rings is 1. The predicted octanol–water partition coefficient (Wildman–Crippen LogP) is 2.76. The third kappa shape index (κ3) is 2.69. The van der Waals surface area contributed by atoms with Crippen molar-refractivity contribution in [2.45, 2.75) is 17.7 Å². The molecule has 0 unspecified atom stereocenters. The average molecular weight is 256 g/mol. The van der Waals surface area contributed by atoms with Crippen molar-refractivity contribution in [3.8, 4) is 6.07 Å². The number of alkyl halides is 1. The second-order valence-corrected chi connectivity index (χ2v) is 3.74. The Hall–Kier alpha value is -1.18. The first-order valence-electron chi connectivity index (χ1n) is 4.63. The van der Waals surface area contributed by atoms with Gasteiger partial charge < -0.3 is 4.74 Å². The van der Waals surface area contributed by atoms with Gasteiger partial charge in [0.1, 0.15) is 0 Å². The van der Waals surface area contributed by atoms with Gasteiger partial charge in [-0.3, -0.25) is 0 Å². The second-order valence-electron chi connectivity index (χ2n) is 2.99. The molecule has 0 amide bonds. The fourth-order valence-corrected chi connectivity index (χ4v) is 1.97. The minimum Gasteiger partial charge on any atom is -0.462 e. The smallest absolute Gasteiger partial charge is 0.338 e. The Morgan fingerprint density at radius 1 is 1.62 bits per heavy atom. The molecule has 0 aliphatic carbocycles. The van der Waals surface area contributed by atoms with E-state index in [1.54, 1.807) is 13.0 Å². The molecule has 0 spiro atoms. The molecule has 0 saturated carbocycles. The number of carbonyl (C=O) groups is 1. The van der Waals surface area contributed by atoms with E-state index in [9.17, 15) is 4.79 Å². The first-order chi connectivity index (χ1) is 7.63. The third-order valence-electron chi connectivity index (χ3n) is 1.98. The zero-order valence-corrected chi connectivity index (χ0v) is 10.3. The van der Waals surface area contributed by atoms with Crippen LogP contribution in [-0.2, 0) is 10.6 Å². The highest BCUT2D eigenvalue weighted by Crippen LogP contribution is 2.23. The van der Waals surface area contributed by atoms with E-state index in [4.69, 9.17) is 21.6 Å². The number of ether oxygens (including phenoxy) is 1. The summed E-state index contributed by atoms with van der Waals surface area (Å²) < 4.78 is 4.88. The summed E-state index contributed by atoms with van der Waals surface area (Å²) in [5.41, 5.74) is 1.25. The molecule has 0 fully saturated rings. The molecule has 1 aromatic rings. The Kier molecular flexibility index (Phi) is 4.66. The molecular formula is C11H10ClNO2S. The number of nitriles is 1. The fraction of sp³-hybridized carbons (Fsp3) is 0.273. The Morgan fingerprint density at radius 2 is 2.31 bits per heavy atom. The summed E-state index contributed by atoms with van der Waals surface area (Å²) in [5, 5.41) is 8.79. The van der Waals surface area contributed by atoms with Gasteiger partial charge in [0.15, 0.2) is 0 Å². The van der Waals surface area contributed by atoms with Crippen molar-refractivity contribution in [3.63, 3.8) is 0 Å². The van der Waals surface area contributed by atoms with E-state index in [1.807, 2.05) is 6.07 Å². The number of esters is 1. The number of thiol groups is 1. The van der Waals surface area contributed by atoms with Crippen molar-refractivity contribution in [2.24, 2.45) is 0 Å². The van der Waals surface area contributed by atoms with Crippen molar-refractivity contribution in [1.82, 2.24) is 0 Å². The van der Waals surface area contributed by atoms with Crippen molar-refractivity contribution in [2.75, 3.05) is 6.61 Å². The summed E-state index contributed by atoms with van der Waals surface area (Å²) in [4.78, 5) is 12.1. The molecule has 0 saturated heterocycles. The molecule has 1 rings (SSSR count). The van der Waals surface area contributed by atoms with E-state index in [0.29, 0.717) is 21.6 Å². The second kappa shape index (κ2) is 5.78. The van der Waals surface area contributed by atoms with Crippen molar-refractivity contribution < 1.29 is 9.53 Å². The Balaban J connectivity index is 3.29. The monoisotopic (exact) mass is 255 g/mol. The van der Waals surface area contributed by atoms with Crippen LogP contribution in [0.3, 0.4) is 0 Å². The maximum Gasteiger partial charge on any atom is 0.338 e. The highest BCUT2D eigenvalue weighted by molar-refractivity contribution is 7.80. The standard InChI is InChI=1S/C11H10ClNO2S/c1-2-15-11(14)8-3-7(6-13)4-10(16)9(8)5-12/h3-4,16H,2,5H2,1H3. The molecule has 0 atom stereocenters. The van der Waals surface area contributed by atoms with Gasteiger partial charge in [-0.15, -0.1) is 24.2 Å². The number of hydrogen-bond acceptors (Lipinski definition) is 4. The quantitative estimate of drug-likeness (QED) is 0.513. The van der Waals surface area contributed by atoms with Gasteiger partial charge in [0.05, 0.1) is 23.8 Å². The topological polar surface area (TPSA) is 50.1 Å². The molecule has 0 N–H and O–H groups in total. The van der Waals surface area contributed by atoms with E-state index >= 15 is 0 Å². The fourth-order valence-electron chi connectivity index (χ4n) is 1.25. The lowest BCUT2D eigenvalue weighted by Crippen LogP contribution is -2.08. The first-order valence-corrected chi connectivity index (χ1v) is 5.61. The van der Waals surface area contributed by atoms with Crippen LogP contribution >= 0.6 is 24.2 Å². The minimum absolute atomic E-state index is 0.151. The summed E-state index contributed by atoms with van der Waals surface area (Å²) in [5.74, 6) is -0.329. The zero-order chi connectivity index (χ0) is 12.1. The highest BCUT2D eigenvalue weighted by atomic mass is 35.5. The van der Waals surface area contributed by atoms with E-state index in [2.05, 4.69) is 12.6 Å². The molecule has 1 aromatic carbocycles. The van der Waals surface area contributed by atoms with Crippen LogP contribution in [0.5, 0.6) is 0 Å². The third-order valence-corrected chi connectivity index (χ3v) is 2.65. The Bertz CT molecular complexity index is 454. The van der Waals surface area contributed by atoms with E-state index < -0.39 is 5.97 Å². The molecule has 0 heterocycles. The van der Waals surface area contributed by atoms with Crippen molar-refractivity contribution in [1.29, 1.82) is 5.26 Å². The molecule has 0 radical (unpaired) electrons. The summed E-state index contributed by atoms with van der Waals surface area (Å²) in [6.45, 7) is 1.99. The SMILES string of the molecule is CCOC(=O)c1cc(C#N)cc(S)c1CCl. The molecule has 0 aliphatic rings. The van der Waals surface area contributed by atoms with Crippen LogP contribution in [0.4, 0.5) is 0 Å². The summed E-state index contributed by atoms with van der Waals surface area (Å²) in [6, 6.07) is 5.00. The zero-order valence-electron chi connectivity index (χ0n) is 8.66. The molecule has 3 nitrogen and oxygen atoms in total.